The van der Waals surface area contributed by atoms with Crippen LogP contribution in [0.1, 0.15) is 23.6 Å². The van der Waals surface area contributed by atoms with Gasteiger partial charge in [0.1, 0.15) is 12.6 Å². The van der Waals surface area contributed by atoms with E-state index < -0.39 is 28.5 Å². The maximum atomic E-state index is 14.3. The van der Waals surface area contributed by atoms with E-state index in [-0.39, 0.29) is 23.8 Å². The second-order valence-corrected chi connectivity index (χ2v) is 12.8. The smallest absolute Gasteiger partial charge is 0.264 e. The normalized spacial score (nSPS) is 11.9. The fourth-order valence-corrected chi connectivity index (χ4v) is 6.40. The van der Waals surface area contributed by atoms with Crippen molar-refractivity contribution in [1.29, 1.82) is 0 Å². The number of aryl methyl sites for hydroxylation is 1. The van der Waals surface area contributed by atoms with Crippen LogP contribution in [-0.4, -0.2) is 44.3 Å². The standard InChI is InChI=1S/C33H33Cl2N3O4S/c1-3-36-33(40)31(21-25-8-5-4-6-9-25)37(22-26-10-7-11-28(35)20-26)32(39)23-38(29-16-12-24(2)13-17-29)43(41,42)30-18-14-27(34)15-19-30/h4-20,31H,3,21-23H2,1-2H3,(H,36,40). The largest absolute Gasteiger partial charge is 0.355 e. The van der Waals surface area contributed by atoms with Crippen molar-refractivity contribution in [3.63, 3.8) is 0 Å². The van der Waals surface area contributed by atoms with Crippen LogP contribution in [0, 0.1) is 6.92 Å². The van der Waals surface area contributed by atoms with Crippen LogP contribution in [0.2, 0.25) is 10.0 Å². The predicted molar refractivity (Wildman–Crippen MR) is 172 cm³/mol. The third-order valence-electron chi connectivity index (χ3n) is 6.87. The molecule has 1 atom stereocenters. The van der Waals surface area contributed by atoms with Crippen molar-refractivity contribution in [2.24, 2.45) is 0 Å². The number of carbonyl (C=O) groups is 2. The van der Waals surface area contributed by atoms with Gasteiger partial charge in [-0.3, -0.25) is 13.9 Å². The van der Waals surface area contributed by atoms with Crippen molar-refractivity contribution in [2.45, 2.75) is 37.8 Å². The molecule has 0 radical (unpaired) electrons. The van der Waals surface area contributed by atoms with E-state index in [1.165, 1.54) is 29.2 Å². The number of hydrogen-bond acceptors (Lipinski definition) is 4. The van der Waals surface area contributed by atoms with Crippen LogP contribution in [0.25, 0.3) is 0 Å². The van der Waals surface area contributed by atoms with E-state index in [4.69, 9.17) is 23.2 Å². The molecule has 0 spiro atoms. The van der Waals surface area contributed by atoms with E-state index in [0.717, 1.165) is 15.4 Å². The zero-order valence-corrected chi connectivity index (χ0v) is 26.2. The van der Waals surface area contributed by atoms with Crippen LogP contribution in [0.5, 0.6) is 0 Å². The minimum absolute atomic E-state index is 0.0174. The Morgan fingerprint density at radius 3 is 2.09 bits per heavy atom. The Morgan fingerprint density at radius 1 is 0.814 bits per heavy atom. The molecule has 0 fully saturated rings. The lowest BCUT2D eigenvalue weighted by Crippen LogP contribution is -2.53. The molecule has 0 aromatic heterocycles. The maximum absolute atomic E-state index is 14.3. The molecule has 0 saturated heterocycles. The molecule has 224 valence electrons. The first kappa shape index (κ1) is 32.1. The predicted octanol–water partition coefficient (Wildman–Crippen LogP) is 6.27. The summed E-state index contributed by atoms with van der Waals surface area (Å²) in [5.41, 5.74) is 2.80. The SMILES string of the molecule is CCNC(=O)C(Cc1ccccc1)N(Cc1cccc(Cl)c1)C(=O)CN(c1ccc(C)cc1)S(=O)(=O)c1ccc(Cl)cc1. The van der Waals surface area contributed by atoms with Gasteiger partial charge >= 0.3 is 0 Å². The third kappa shape index (κ3) is 8.38. The van der Waals surface area contributed by atoms with Gasteiger partial charge in [0.2, 0.25) is 11.8 Å². The molecule has 0 bridgehead atoms. The van der Waals surface area contributed by atoms with Crippen molar-refractivity contribution >= 4 is 50.7 Å². The highest BCUT2D eigenvalue weighted by Gasteiger charge is 2.34. The fourth-order valence-electron chi connectivity index (χ4n) is 4.65. The van der Waals surface area contributed by atoms with Crippen LogP contribution in [-0.2, 0) is 32.6 Å². The van der Waals surface area contributed by atoms with Gasteiger partial charge in [-0.05, 0) is 73.5 Å². The fraction of sp³-hybridized carbons (Fsp3) is 0.212. The van der Waals surface area contributed by atoms with Crippen molar-refractivity contribution in [3.8, 4) is 0 Å². The Labute approximate surface area is 263 Å². The van der Waals surface area contributed by atoms with Gasteiger partial charge in [-0.1, -0.05) is 83.4 Å². The number of amides is 2. The number of sulfonamides is 1. The summed E-state index contributed by atoms with van der Waals surface area (Å²) in [6.45, 7) is 3.55. The van der Waals surface area contributed by atoms with Gasteiger partial charge in [-0.15, -0.1) is 0 Å². The molecule has 7 nitrogen and oxygen atoms in total. The van der Waals surface area contributed by atoms with E-state index in [9.17, 15) is 18.0 Å². The number of halogens is 2. The highest BCUT2D eigenvalue weighted by Crippen LogP contribution is 2.26. The number of carbonyl (C=O) groups excluding carboxylic acids is 2. The highest BCUT2D eigenvalue weighted by atomic mass is 35.5. The summed E-state index contributed by atoms with van der Waals surface area (Å²) in [4.78, 5) is 29.3. The van der Waals surface area contributed by atoms with E-state index >= 15 is 0 Å². The van der Waals surface area contributed by atoms with Gasteiger partial charge in [0.25, 0.3) is 10.0 Å². The third-order valence-corrected chi connectivity index (χ3v) is 9.14. The average molecular weight is 639 g/mol. The Balaban J connectivity index is 1.79. The molecule has 0 aliphatic carbocycles. The lowest BCUT2D eigenvalue weighted by atomic mass is 10.0. The number of likely N-dealkylation sites (N-methyl/N-ethyl adjacent to an activating group) is 1. The van der Waals surface area contributed by atoms with Crippen LogP contribution >= 0.6 is 23.2 Å². The highest BCUT2D eigenvalue weighted by molar-refractivity contribution is 7.92. The van der Waals surface area contributed by atoms with Crippen molar-refractivity contribution in [3.05, 3.63) is 130 Å². The average Bonchev–Trinajstić information content (AvgIpc) is 2.99. The van der Waals surface area contributed by atoms with E-state index in [0.29, 0.717) is 27.8 Å². The molecule has 43 heavy (non-hydrogen) atoms. The molecule has 4 aromatic carbocycles. The Bertz CT molecular complexity index is 1650. The van der Waals surface area contributed by atoms with Crippen LogP contribution in [0.4, 0.5) is 5.69 Å². The molecule has 4 aromatic rings. The summed E-state index contributed by atoms with van der Waals surface area (Å²) in [5, 5.41) is 3.71. The molecule has 0 aliphatic heterocycles. The molecule has 1 N–H and O–H groups in total. The van der Waals surface area contributed by atoms with Gasteiger partial charge in [0.05, 0.1) is 10.6 Å². The molecule has 0 heterocycles. The summed E-state index contributed by atoms with van der Waals surface area (Å²) in [6, 6.07) is 28.1. The van der Waals surface area contributed by atoms with Gasteiger partial charge in [0.15, 0.2) is 0 Å². The minimum Gasteiger partial charge on any atom is -0.355 e. The summed E-state index contributed by atoms with van der Waals surface area (Å²) >= 11 is 12.3. The Hall–Kier alpha value is -3.85. The number of nitrogens with zero attached hydrogens (tertiary/aromatic N) is 2. The molecule has 10 heteroatoms. The number of benzene rings is 4. The zero-order chi connectivity index (χ0) is 31.0. The molecule has 2 amide bonds. The van der Waals surface area contributed by atoms with E-state index in [1.807, 2.05) is 43.3 Å². The van der Waals surface area contributed by atoms with Crippen LogP contribution in [0.3, 0.4) is 0 Å². The first-order valence-corrected chi connectivity index (χ1v) is 16.0. The molecular weight excluding hydrogens is 605 g/mol. The van der Waals surface area contributed by atoms with Crippen molar-refractivity contribution in [1.82, 2.24) is 10.2 Å². The van der Waals surface area contributed by atoms with Crippen molar-refractivity contribution in [2.75, 3.05) is 17.4 Å². The van der Waals surface area contributed by atoms with Gasteiger partial charge in [-0.2, -0.15) is 0 Å². The van der Waals surface area contributed by atoms with Gasteiger partial charge < -0.3 is 10.2 Å². The number of anilines is 1. The second-order valence-electron chi connectivity index (χ2n) is 10.1. The summed E-state index contributed by atoms with van der Waals surface area (Å²) in [5.74, 6) is -0.894. The lowest BCUT2D eigenvalue weighted by molar-refractivity contribution is -0.140. The van der Waals surface area contributed by atoms with Gasteiger partial charge in [-0.25, -0.2) is 8.42 Å². The van der Waals surface area contributed by atoms with Crippen LogP contribution in [0.15, 0.2) is 108 Å². The Morgan fingerprint density at radius 2 is 1.47 bits per heavy atom. The van der Waals surface area contributed by atoms with E-state index in [2.05, 4.69) is 5.32 Å². The zero-order valence-electron chi connectivity index (χ0n) is 23.9. The first-order chi connectivity index (χ1) is 20.6. The van der Waals surface area contributed by atoms with Gasteiger partial charge in [0, 0.05) is 29.6 Å². The van der Waals surface area contributed by atoms with Crippen LogP contribution < -0.4 is 9.62 Å². The molecule has 4 rings (SSSR count). The molecule has 0 saturated carbocycles. The van der Waals surface area contributed by atoms with E-state index in [1.54, 1.807) is 49.4 Å². The quantitative estimate of drug-likeness (QED) is 0.198. The Kier molecular flexibility index (Phi) is 10.9. The molecule has 1 unspecified atom stereocenters. The number of nitrogens with one attached hydrogen (secondary N) is 1. The maximum Gasteiger partial charge on any atom is 0.264 e. The molecule has 0 aliphatic rings. The minimum atomic E-state index is -4.20. The first-order valence-electron chi connectivity index (χ1n) is 13.8. The lowest BCUT2D eigenvalue weighted by Gasteiger charge is -2.34. The number of hydrogen-bond donors (Lipinski definition) is 1. The molecular formula is C33H33Cl2N3O4S. The monoisotopic (exact) mass is 637 g/mol. The number of rotatable bonds is 12. The topological polar surface area (TPSA) is 86.8 Å². The summed E-state index contributed by atoms with van der Waals surface area (Å²) in [7, 11) is -4.20. The summed E-state index contributed by atoms with van der Waals surface area (Å²) < 4.78 is 29.1. The second kappa shape index (κ2) is 14.6. The van der Waals surface area contributed by atoms with Crippen molar-refractivity contribution < 1.29 is 18.0 Å². The summed E-state index contributed by atoms with van der Waals surface area (Å²) in [6.07, 6.45) is 0.230.